The van der Waals surface area contributed by atoms with Crippen molar-refractivity contribution in [2.45, 2.75) is 63.2 Å². The van der Waals surface area contributed by atoms with Crippen LogP contribution in [0.1, 0.15) is 60.7 Å². The average Bonchev–Trinajstić information content (AvgIpc) is 3.06. The molecule has 0 aromatic heterocycles. The average molecular weight is 686 g/mol. The van der Waals surface area contributed by atoms with Crippen LogP contribution in [0.3, 0.4) is 0 Å². The van der Waals surface area contributed by atoms with Crippen molar-refractivity contribution >= 4 is 39.1 Å². The van der Waals surface area contributed by atoms with E-state index < -0.39 is 28.1 Å². The number of hydrogen-bond donors (Lipinski definition) is 2. The van der Waals surface area contributed by atoms with Gasteiger partial charge >= 0.3 is 0 Å². The molecule has 3 aromatic carbocycles. The van der Waals surface area contributed by atoms with Crippen molar-refractivity contribution < 1.29 is 32.6 Å². The second-order valence-electron chi connectivity index (χ2n) is 12.1. The number of ether oxygens (including phenoxy) is 2. The third-order valence-electron chi connectivity index (χ3n) is 8.25. The number of rotatable bonds is 8. The van der Waals surface area contributed by atoms with Crippen LogP contribution in [0.5, 0.6) is 5.75 Å². The van der Waals surface area contributed by atoms with E-state index >= 15 is 0 Å². The van der Waals surface area contributed by atoms with Crippen LogP contribution < -0.4 is 9.46 Å². The number of likely N-dealkylation sites (N-methyl/N-ethyl adjacent to an activating group) is 1. The summed E-state index contributed by atoms with van der Waals surface area (Å²) in [5.74, 6) is -0.488. The fourth-order valence-corrected chi connectivity index (χ4v) is 6.61. The minimum absolute atomic E-state index is 0.0179. The molecule has 1 heterocycles. The number of benzene rings is 3. The zero-order valence-corrected chi connectivity index (χ0v) is 28.8. The Kier molecular flexibility index (Phi) is 12.7. The first-order valence-corrected chi connectivity index (χ1v) is 17.7. The van der Waals surface area contributed by atoms with E-state index in [0.717, 1.165) is 12.8 Å². The molecular formula is C35H44ClN3O7S. The first-order valence-electron chi connectivity index (χ1n) is 15.8. The fraction of sp³-hybridized carbons (Fsp3) is 0.429. The molecule has 1 aliphatic rings. The molecule has 3 aromatic rings. The molecule has 0 aliphatic carbocycles. The number of aliphatic hydroxyl groups is 1. The number of fused-ring (bicyclic) bond motifs is 1. The van der Waals surface area contributed by atoms with Crippen molar-refractivity contribution in [1.82, 2.24) is 9.80 Å². The zero-order chi connectivity index (χ0) is 34.1. The summed E-state index contributed by atoms with van der Waals surface area (Å²) in [6.07, 6.45) is 1.65. The molecule has 2 amide bonds. The number of halogens is 1. The van der Waals surface area contributed by atoms with Gasteiger partial charge in [0.2, 0.25) is 0 Å². The third kappa shape index (κ3) is 9.70. The second-order valence-corrected chi connectivity index (χ2v) is 14.2. The number of anilines is 1. The highest BCUT2D eigenvalue weighted by molar-refractivity contribution is 7.92. The van der Waals surface area contributed by atoms with E-state index in [4.69, 9.17) is 21.1 Å². The first kappa shape index (κ1) is 36.2. The Morgan fingerprint density at radius 3 is 2.47 bits per heavy atom. The summed E-state index contributed by atoms with van der Waals surface area (Å²) < 4.78 is 41.5. The molecule has 254 valence electrons. The summed E-state index contributed by atoms with van der Waals surface area (Å²) in [5.41, 5.74) is 0.908. The molecular weight excluding hydrogens is 642 g/mol. The van der Waals surface area contributed by atoms with Crippen LogP contribution in [0.25, 0.3) is 0 Å². The summed E-state index contributed by atoms with van der Waals surface area (Å²) in [6, 6.07) is 18.8. The quantitative estimate of drug-likeness (QED) is 0.311. The zero-order valence-electron chi connectivity index (χ0n) is 27.3. The largest absolute Gasteiger partial charge is 0.490 e. The van der Waals surface area contributed by atoms with Gasteiger partial charge in [0.1, 0.15) is 5.75 Å². The van der Waals surface area contributed by atoms with E-state index in [9.17, 15) is 23.1 Å². The third-order valence-corrected chi connectivity index (χ3v) is 9.90. The van der Waals surface area contributed by atoms with Gasteiger partial charge < -0.3 is 24.4 Å². The number of carbonyl (C=O) groups is 2. The Hall–Kier alpha value is -3.64. The lowest BCUT2D eigenvalue weighted by Gasteiger charge is -2.36. The van der Waals surface area contributed by atoms with Crippen LogP contribution in [0.4, 0.5) is 5.69 Å². The molecule has 47 heavy (non-hydrogen) atoms. The highest BCUT2D eigenvalue weighted by atomic mass is 35.5. The fourth-order valence-electron chi connectivity index (χ4n) is 5.43. The summed E-state index contributed by atoms with van der Waals surface area (Å²) in [7, 11) is -2.25. The van der Waals surface area contributed by atoms with Gasteiger partial charge in [0.25, 0.3) is 21.8 Å². The first-order chi connectivity index (χ1) is 22.4. The molecule has 0 radical (unpaired) electrons. The van der Waals surface area contributed by atoms with Gasteiger partial charge in [-0.1, -0.05) is 36.7 Å². The van der Waals surface area contributed by atoms with Crippen molar-refractivity contribution in [1.29, 1.82) is 0 Å². The molecule has 0 saturated carbocycles. The van der Waals surface area contributed by atoms with Crippen LogP contribution in [-0.2, 0) is 14.8 Å². The molecule has 0 unspecified atom stereocenters. The van der Waals surface area contributed by atoms with E-state index in [1.54, 1.807) is 48.0 Å². The van der Waals surface area contributed by atoms with Gasteiger partial charge in [-0.2, -0.15) is 0 Å². The van der Waals surface area contributed by atoms with Gasteiger partial charge in [0, 0.05) is 48.9 Å². The number of nitrogens with one attached hydrogen (secondary N) is 1. The molecule has 4 rings (SSSR count). The van der Waals surface area contributed by atoms with Gasteiger partial charge in [0.05, 0.1) is 35.3 Å². The van der Waals surface area contributed by atoms with E-state index in [1.807, 2.05) is 32.0 Å². The van der Waals surface area contributed by atoms with Crippen molar-refractivity contribution in [2.24, 2.45) is 5.92 Å². The predicted octanol–water partition coefficient (Wildman–Crippen LogP) is 5.71. The second kappa shape index (κ2) is 16.5. The maximum Gasteiger partial charge on any atom is 0.261 e. The normalized spacial score (nSPS) is 20.3. The van der Waals surface area contributed by atoms with Crippen LogP contribution in [0.15, 0.2) is 77.7 Å². The molecule has 2 N–H and O–H groups in total. The summed E-state index contributed by atoms with van der Waals surface area (Å²) in [4.78, 5) is 30.7. The van der Waals surface area contributed by atoms with Gasteiger partial charge in [-0.15, -0.1) is 0 Å². The van der Waals surface area contributed by atoms with Gasteiger partial charge in [-0.3, -0.25) is 14.3 Å². The summed E-state index contributed by atoms with van der Waals surface area (Å²) in [5, 5.41) is 10.6. The lowest BCUT2D eigenvalue weighted by molar-refractivity contribution is -0.0149. The topological polar surface area (TPSA) is 125 Å². The Balaban J connectivity index is 1.66. The Morgan fingerprint density at radius 2 is 1.79 bits per heavy atom. The van der Waals surface area contributed by atoms with Crippen LogP contribution in [0.2, 0.25) is 5.02 Å². The summed E-state index contributed by atoms with van der Waals surface area (Å²) >= 11 is 5.94. The standard InChI is InChI=1S/C35H44ClN3O7S/c1-24-21-39(25(2)23-40)35(42)31-20-29(37-47(43,44)30-16-13-28(36)14-17-30)15-18-32(31)46-26(3)10-8-9-19-45-33(24)22-38(4)34(41)27-11-6-5-7-12-27/h5-7,11-18,20,24-26,33,37,40H,8-10,19,21-23H2,1-4H3/t24-,25-,26+,33-/m0/s1. The number of amides is 2. The number of hydrogen-bond acceptors (Lipinski definition) is 7. The highest BCUT2D eigenvalue weighted by Gasteiger charge is 2.31. The van der Waals surface area contributed by atoms with E-state index in [1.165, 1.54) is 30.3 Å². The minimum atomic E-state index is -3.99. The minimum Gasteiger partial charge on any atom is -0.490 e. The van der Waals surface area contributed by atoms with Crippen molar-refractivity contribution in [3.63, 3.8) is 0 Å². The molecule has 0 saturated heterocycles. The molecule has 0 fully saturated rings. The number of nitrogens with zero attached hydrogens (tertiary/aromatic N) is 2. The van der Waals surface area contributed by atoms with E-state index in [0.29, 0.717) is 35.9 Å². The molecule has 0 bridgehead atoms. The Bertz CT molecular complexity index is 1610. The van der Waals surface area contributed by atoms with Crippen LogP contribution in [-0.4, -0.2) is 86.7 Å². The molecule has 12 heteroatoms. The lowest BCUT2D eigenvalue weighted by Crippen LogP contribution is -2.48. The maximum absolute atomic E-state index is 14.3. The van der Waals surface area contributed by atoms with Crippen molar-refractivity contribution in [3.05, 3.63) is 88.9 Å². The highest BCUT2D eigenvalue weighted by Crippen LogP contribution is 2.30. The Morgan fingerprint density at radius 1 is 1.09 bits per heavy atom. The molecule has 1 aliphatic heterocycles. The SMILES string of the molecule is C[C@@H]1CCCCO[C@@H](CN(C)C(=O)c2ccccc2)[C@@H](C)CN([C@@H](C)CO)C(=O)c2cc(NS(=O)(=O)c3ccc(Cl)cc3)ccc2O1. The molecule has 4 atom stereocenters. The Labute approximate surface area is 282 Å². The molecule has 10 nitrogen and oxygen atoms in total. The monoisotopic (exact) mass is 685 g/mol. The van der Waals surface area contributed by atoms with Crippen LogP contribution in [0, 0.1) is 5.92 Å². The van der Waals surface area contributed by atoms with Gasteiger partial charge in [-0.25, -0.2) is 8.42 Å². The predicted molar refractivity (Wildman–Crippen MR) is 183 cm³/mol. The molecule has 0 spiro atoms. The number of carbonyl (C=O) groups excluding carboxylic acids is 2. The lowest BCUT2D eigenvalue weighted by atomic mass is 10.0. The van der Waals surface area contributed by atoms with Crippen molar-refractivity contribution in [3.8, 4) is 5.75 Å². The van der Waals surface area contributed by atoms with Gasteiger partial charge in [0.15, 0.2) is 0 Å². The number of sulfonamides is 1. The maximum atomic E-state index is 14.3. The van der Waals surface area contributed by atoms with E-state index in [-0.39, 0.29) is 47.2 Å². The summed E-state index contributed by atoms with van der Waals surface area (Å²) in [6.45, 7) is 6.30. The van der Waals surface area contributed by atoms with Gasteiger partial charge in [-0.05, 0) is 87.7 Å². The number of aliphatic hydroxyl groups excluding tert-OH is 1. The van der Waals surface area contributed by atoms with Crippen molar-refractivity contribution in [2.75, 3.05) is 38.1 Å². The smallest absolute Gasteiger partial charge is 0.261 e. The van der Waals surface area contributed by atoms with E-state index in [2.05, 4.69) is 4.72 Å². The van der Waals surface area contributed by atoms with Crippen LogP contribution >= 0.6 is 11.6 Å².